The van der Waals surface area contributed by atoms with Crippen molar-refractivity contribution in [3.63, 3.8) is 0 Å². The maximum Gasteiger partial charge on any atom is 0.303 e. The number of aryl methyl sites for hydroxylation is 1. The van der Waals surface area contributed by atoms with Crippen LogP contribution in [-0.2, 0) is 16.6 Å². The molecule has 0 unspecified atom stereocenters. The van der Waals surface area contributed by atoms with Crippen LogP contribution in [0.4, 0.5) is 0 Å². The summed E-state index contributed by atoms with van der Waals surface area (Å²) in [5, 5.41) is 8.76. The molecule has 0 amide bonds. The van der Waals surface area contributed by atoms with E-state index in [4.69, 9.17) is 9.84 Å². The van der Waals surface area contributed by atoms with Crippen LogP contribution in [0.1, 0.15) is 58.6 Å². The van der Waals surface area contributed by atoms with Crippen molar-refractivity contribution in [1.29, 1.82) is 0 Å². The highest BCUT2D eigenvalue weighted by Crippen LogP contribution is 2.29. The van der Waals surface area contributed by atoms with Gasteiger partial charge < -0.3 is 9.84 Å². The largest absolute Gasteiger partial charge is 0.491 e. The SMILES string of the molecule is CC(C)Oc1ccc(C(C)(C)C)cc1CCCC(=O)O. The lowest BCUT2D eigenvalue weighted by atomic mass is 9.85. The Morgan fingerprint density at radius 2 is 1.95 bits per heavy atom. The van der Waals surface area contributed by atoms with Crippen LogP contribution in [0.15, 0.2) is 18.2 Å². The topological polar surface area (TPSA) is 46.5 Å². The van der Waals surface area contributed by atoms with Crippen LogP contribution in [0.2, 0.25) is 0 Å². The van der Waals surface area contributed by atoms with Gasteiger partial charge in [0.25, 0.3) is 0 Å². The van der Waals surface area contributed by atoms with Gasteiger partial charge in [0.05, 0.1) is 6.10 Å². The fourth-order valence-corrected chi connectivity index (χ4v) is 2.04. The Kier molecular flexibility index (Phi) is 5.61. The summed E-state index contributed by atoms with van der Waals surface area (Å²) in [6, 6.07) is 6.26. The molecule has 0 spiro atoms. The Morgan fingerprint density at radius 3 is 2.45 bits per heavy atom. The van der Waals surface area contributed by atoms with E-state index in [1.165, 1.54) is 5.56 Å². The number of hydrogen-bond donors (Lipinski definition) is 1. The molecule has 112 valence electrons. The molecule has 3 nitrogen and oxygen atoms in total. The minimum absolute atomic E-state index is 0.0813. The molecule has 0 heterocycles. The van der Waals surface area contributed by atoms with Crippen molar-refractivity contribution < 1.29 is 14.6 Å². The molecule has 0 saturated carbocycles. The van der Waals surface area contributed by atoms with Crippen molar-refractivity contribution in [3.8, 4) is 5.75 Å². The molecule has 0 saturated heterocycles. The molecular weight excluding hydrogens is 252 g/mol. The minimum Gasteiger partial charge on any atom is -0.491 e. The van der Waals surface area contributed by atoms with Crippen LogP contribution < -0.4 is 4.74 Å². The zero-order valence-electron chi connectivity index (χ0n) is 13.2. The number of hydrogen-bond acceptors (Lipinski definition) is 2. The Balaban J connectivity index is 2.96. The maximum atomic E-state index is 10.6. The summed E-state index contributed by atoms with van der Waals surface area (Å²) < 4.78 is 5.82. The molecule has 1 rings (SSSR count). The van der Waals surface area contributed by atoms with E-state index in [0.29, 0.717) is 6.42 Å². The van der Waals surface area contributed by atoms with Crippen molar-refractivity contribution in [2.75, 3.05) is 0 Å². The summed E-state index contributed by atoms with van der Waals surface area (Å²) >= 11 is 0. The fraction of sp³-hybridized carbons (Fsp3) is 0.588. The van der Waals surface area contributed by atoms with Crippen molar-refractivity contribution in [1.82, 2.24) is 0 Å². The van der Waals surface area contributed by atoms with Gasteiger partial charge in [-0.1, -0.05) is 32.9 Å². The predicted molar refractivity (Wildman–Crippen MR) is 81.5 cm³/mol. The van der Waals surface area contributed by atoms with E-state index >= 15 is 0 Å². The lowest BCUT2D eigenvalue weighted by molar-refractivity contribution is -0.137. The monoisotopic (exact) mass is 278 g/mol. The number of benzene rings is 1. The number of rotatable bonds is 6. The first-order valence-corrected chi connectivity index (χ1v) is 7.22. The average molecular weight is 278 g/mol. The highest BCUT2D eigenvalue weighted by molar-refractivity contribution is 5.66. The Morgan fingerprint density at radius 1 is 1.30 bits per heavy atom. The van der Waals surface area contributed by atoms with Crippen LogP contribution in [0.5, 0.6) is 5.75 Å². The third kappa shape index (κ3) is 5.24. The Labute approximate surface area is 122 Å². The molecule has 1 aromatic carbocycles. The molecular formula is C17H26O3. The molecule has 0 radical (unpaired) electrons. The maximum absolute atomic E-state index is 10.6. The van der Waals surface area contributed by atoms with Gasteiger partial charge in [-0.3, -0.25) is 4.79 Å². The van der Waals surface area contributed by atoms with Crippen molar-refractivity contribution >= 4 is 5.97 Å². The van der Waals surface area contributed by atoms with E-state index in [0.717, 1.165) is 17.7 Å². The summed E-state index contributed by atoms with van der Waals surface area (Å²) in [6.45, 7) is 10.5. The molecule has 0 atom stereocenters. The van der Waals surface area contributed by atoms with Crippen molar-refractivity contribution in [3.05, 3.63) is 29.3 Å². The number of carboxylic acids is 1. The summed E-state index contributed by atoms with van der Waals surface area (Å²) in [7, 11) is 0. The Hall–Kier alpha value is -1.51. The van der Waals surface area contributed by atoms with Gasteiger partial charge in [-0.05, 0) is 49.3 Å². The smallest absolute Gasteiger partial charge is 0.303 e. The zero-order valence-corrected chi connectivity index (χ0v) is 13.2. The number of aliphatic carboxylic acids is 1. The van der Waals surface area contributed by atoms with Crippen LogP contribution in [0, 0.1) is 0 Å². The standard InChI is InChI=1S/C17H26O3/c1-12(2)20-15-10-9-14(17(3,4)5)11-13(15)7-6-8-16(18)19/h9-12H,6-8H2,1-5H3,(H,18,19). The molecule has 20 heavy (non-hydrogen) atoms. The van der Waals surface area contributed by atoms with Gasteiger partial charge in [-0.15, -0.1) is 0 Å². The van der Waals surface area contributed by atoms with E-state index in [1.54, 1.807) is 0 Å². The van der Waals surface area contributed by atoms with Crippen LogP contribution in [0.3, 0.4) is 0 Å². The summed E-state index contributed by atoms with van der Waals surface area (Å²) in [4.78, 5) is 10.6. The molecule has 0 aromatic heterocycles. The second kappa shape index (κ2) is 6.78. The van der Waals surface area contributed by atoms with Gasteiger partial charge in [0, 0.05) is 6.42 Å². The number of carboxylic acid groups (broad SMARTS) is 1. The first kappa shape index (κ1) is 16.5. The summed E-state index contributed by atoms with van der Waals surface area (Å²) in [5.41, 5.74) is 2.43. The highest BCUT2D eigenvalue weighted by atomic mass is 16.5. The number of ether oxygens (including phenoxy) is 1. The third-order valence-electron chi connectivity index (χ3n) is 3.13. The second-order valence-corrected chi connectivity index (χ2v) is 6.49. The van der Waals surface area contributed by atoms with Gasteiger partial charge in [-0.25, -0.2) is 0 Å². The molecule has 0 aliphatic heterocycles. The minimum atomic E-state index is -0.747. The molecule has 3 heteroatoms. The van der Waals surface area contributed by atoms with Gasteiger partial charge in [0.2, 0.25) is 0 Å². The fourth-order valence-electron chi connectivity index (χ4n) is 2.04. The zero-order chi connectivity index (χ0) is 15.3. The van der Waals surface area contributed by atoms with E-state index in [9.17, 15) is 4.79 Å². The highest BCUT2D eigenvalue weighted by Gasteiger charge is 2.16. The van der Waals surface area contributed by atoms with Crippen LogP contribution >= 0.6 is 0 Å². The first-order valence-electron chi connectivity index (χ1n) is 7.22. The first-order chi connectivity index (χ1) is 9.20. The summed E-state index contributed by atoms with van der Waals surface area (Å²) in [6.07, 6.45) is 1.69. The predicted octanol–water partition coefficient (Wildman–Crippen LogP) is 4.18. The lowest BCUT2D eigenvalue weighted by Gasteiger charge is -2.22. The van der Waals surface area contributed by atoms with Gasteiger partial charge in [0.1, 0.15) is 5.75 Å². The molecule has 0 aliphatic rings. The second-order valence-electron chi connectivity index (χ2n) is 6.49. The van der Waals surface area contributed by atoms with Gasteiger partial charge in [-0.2, -0.15) is 0 Å². The van der Waals surface area contributed by atoms with Crippen LogP contribution in [-0.4, -0.2) is 17.2 Å². The van der Waals surface area contributed by atoms with E-state index in [1.807, 2.05) is 19.9 Å². The van der Waals surface area contributed by atoms with E-state index in [2.05, 4.69) is 32.9 Å². The molecule has 1 aromatic rings. The van der Waals surface area contributed by atoms with E-state index in [-0.39, 0.29) is 17.9 Å². The van der Waals surface area contributed by atoms with Crippen molar-refractivity contribution in [2.24, 2.45) is 0 Å². The quantitative estimate of drug-likeness (QED) is 0.849. The summed E-state index contributed by atoms with van der Waals surface area (Å²) in [5.74, 6) is 0.127. The van der Waals surface area contributed by atoms with Gasteiger partial charge in [0.15, 0.2) is 0 Å². The average Bonchev–Trinajstić information content (AvgIpc) is 2.28. The van der Waals surface area contributed by atoms with E-state index < -0.39 is 5.97 Å². The Bertz CT molecular complexity index is 456. The van der Waals surface area contributed by atoms with Gasteiger partial charge >= 0.3 is 5.97 Å². The van der Waals surface area contributed by atoms with Crippen molar-refractivity contribution in [2.45, 2.75) is 65.4 Å². The lowest BCUT2D eigenvalue weighted by Crippen LogP contribution is -2.13. The molecule has 1 N–H and O–H groups in total. The molecule has 0 fully saturated rings. The third-order valence-corrected chi connectivity index (χ3v) is 3.13. The molecule has 0 aliphatic carbocycles. The van der Waals surface area contributed by atoms with Crippen LogP contribution in [0.25, 0.3) is 0 Å². The normalized spacial score (nSPS) is 11.7. The number of carbonyl (C=O) groups is 1. The molecule has 0 bridgehead atoms.